The molecular weight excluding hydrogens is 272 g/mol. The molecule has 0 bridgehead atoms. The molecule has 2 rings (SSSR count). The number of anilines is 1. The van der Waals surface area contributed by atoms with E-state index in [0.717, 1.165) is 16.0 Å². The van der Waals surface area contributed by atoms with Crippen molar-refractivity contribution in [2.75, 3.05) is 24.2 Å². The van der Waals surface area contributed by atoms with E-state index in [1.807, 2.05) is 6.92 Å². The lowest BCUT2D eigenvalue weighted by Crippen LogP contribution is -2.31. The van der Waals surface area contributed by atoms with Crippen molar-refractivity contribution < 1.29 is 9.59 Å². The first-order valence-electron chi connectivity index (χ1n) is 5.74. The van der Waals surface area contributed by atoms with E-state index in [2.05, 4.69) is 15.5 Å². The van der Waals surface area contributed by atoms with Crippen LogP contribution >= 0.6 is 23.1 Å². The SMILES string of the molecule is CCNc1nnc(SCCN2C(=O)CCC2=O)s1. The Hall–Kier alpha value is -1.15. The van der Waals surface area contributed by atoms with E-state index in [1.54, 1.807) is 0 Å². The minimum atomic E-state index is -0.0637. The minimum Gasteiger partial charge on any atom is -0.360 e. The number of carbonyl (C=O) groups excluding carboxylic acids is 2. The second-order valence-electron chi connectivity index (χ2n) is 3.69. The Morgan fingerprint density at radius 1 is 1.33 bits per heavy atom. The molecule has 1 saturated heterocycles. The van der Waals surface area contributed by atoms with Crippen LogP contribution in [-0.2, 0) is 9.59 Å². The number of hydrogen-bond acceptors (Lipinski definition) is 7. The Morgan fingerprint density at radius 2 is 2.06 bits per heavy atom. The summed E-state index contributed by atoms with van der Waals surface area (Å²) < 4.78 is 0.852. The molecule has 1 aliphatic heterocycles. The number of carbonyl (C=O) groups is 2. The largest absolute Gasteiger partial charge is 0.360 e. The van der Waals surface area contributed by atoms with Gasteiger partial charge in [0.2, 0.25) is 16.9 Å². The van der Waals surface area contributed by atoms with Gasteiger partial charge in [0.1, 0.15) is 0 Å². The van der Waals surface area contributed by atoms with Crippen molar-refractivity contribution in [2.24, 2.45) is 0 Å². The average molecular weight is 286 g/mol. The lowest BCUT2D eigenvalue weighted by molar-refractivity contribution is -0.137. The van der Waals surface area contributed by atoms with Crippen molar-refractivity contribution in [3.05, 3.63) is 0 Å². The summed E-state index contributed by atoms with van der Waals surface area (Å²) >= 11 is 3.00. The third-order valence-corrected chi connectivity index (χ3v) is 4.42. The van der Waals surface area contributed by atoms with Crippen LogP contribution in [0.4, 0.5) is 5.13 Å². The van der Waals surface area contributed by atoms with Crippen LogP contribution in [0.5, 0.6) is 0 Å². The predicted octanol–water partition coefficient (Wildman–Crippen LogP) is 1.21. The maximum atomic E-state index is 11.4. The molecule has 18 heavy (non-hydrogen) atoms. The Morgan fingerprint density at radius 3 is 2.72 bits per heavy atom. The van der Waals surface area contributed by atoms with Gasteiger partial charge in [0.05, 0.1) is 0 Å². The molecule has 0 spiro atoms. The molecule has 8 heteroatoms. The first kappa shape index (κ1) is 13.3. The average Bonchev–Trinajstić information content (AvgIpc) is 2.91. The van der Waals surface area contributed by atoms with Crippen LogP contribution in [0.3, 0.4) is 0 Å². The van der Waals surface area contributed by atoms with Crippen molar-refractivity contribution >= 4 is 40.0 Å². The van der Waals surface area contributed by atoms with E-state index in [9.17, 15) is 9.59 Å². The summed E-state index contributed by atoms with van der Waals surface area (Å²) in [6.07, 6.45) is 0.708. The highest BCUT2D eigenvalue weighted by Gasteiger charge is 2.28. The van der Waals surface area contributed by atoms with Crippen LogP contribution in [0.25, 0.3) is 0 Å². The molecule has 1 aromatic heterocycles. The van der Waals surface area contributed by atoms with Gasteiger partial charge in [0.25, 0.3) is 0 Å². The highest BCUT2D eigenvalue weighted by Crippen LogP contribution is 2.25. The lowest BCUT2D eigenvalue weighted by Gasteiger charge is -2.11. The van der Waals surface area contributed by atoms with Crippen LogP contribution in [0.2, 0.25) is 0 Å². The molecule has 2 amide bonds. The summed E-state index contributed by atoms with van der Waals surface area (Å²) in [6, 6.07) is 0. The van der Waals surface area contributed by atoms with E-state index in [0.29, 0.717) is 25.1 Å². The molecule has 98 valence electrons. The van der Waals surface area contributed by atoms with Gasteiger partial charge in [0, 0.05) is 31.7 Å². The van der Waals surface area contributed by atoms with Gasteiger partial charge in [-0.1, -0.05) is 23.1 Å². The van der Waals surface area contributed by atoms with Crippen LogP contribution in [0.1, 0.15) is 19.8 Å². The summed E-state index contributed by atoms with van der Waals surface area (Å²) in [5, 5.41) is 11.9. The molecule has 0 aromatic carbocycles. The number of thioether (sulfide) groups is 1. The zero-order chi connectivity index (χ0) is 13.0. The number of nitrogens with one attached hydrogen (secondary N) is 1. The van der Waals surface area contributed by atoms with E-state index >= 15 is 0 Å². The molecule has 0 aliphatic carbocycles. The highest BCUT2D eigenvalue weighted by atomic mass is 32.2. The molecule has 1 N–H and O–H groups in total. The second kappa shape index (κ2) is 6.14. The number of likely N-dealkylation sites (tertiary alicyclic amines) is 1. The molecule has 0 saturated carbocycles. The van der Waals surface area contributed by atoms with Crippen LogP contribution in [-0.4, -0.2) is 45.8 Å². The molecule has 1 aliphatic rings. The molecule has 2 heterocycles. The zero-order valence-electron chi connectivity index (χ0n) is 10.0. The molecule has 6 nitrogen and oxygen atoms in total. The van der Waals surface area contributed by atoms with E-state index in [-0.39, 0.29) is 11.8 Å². The van der Waals surface area contributed by atoms with Crippen LogP contribution in [0, 0.1) is 0 Å². The highest BCUT2D eigenvalue weighted by molar-refractivity contribution is 8.01. The number of imide groups is 1. The first-order valence-corrected chi connectivity index (χ1v) is 7.54. The molecule has 1 fully saturated rings. The fourth-order valence-electron chi connectivity index (χ4n) is 1.59. The maximum absolute atomic E-state index is 11.4. The molecule has 1 aromatic rings. The lowest BCUT2D eigenvalue weighted by atomic mass is 10.4. The molecular formula is C10H14N4O2S2. The fourth-order valence-corrected chi connectivity index (χ4v) is 3.40. The summed E-state index contributed by atoms with van der Waals surface area (Å²) in [5.41, 5.74) is 0. The zero-order valence-corrected chi connectivity index (χ0v) is 11.6. The van der Waals surface area contributed by atoms with Crippen molar-refractivity contribution in [2.45, 2.75) is 24.1 Å². The summed E-state index contributed by atoms with van der Waals surface area (Å²) in [7, 11) is 0. The maximum Gasteiger partial charge on any atom is 0.229 e. The molecule has 0 unspecified atom stereocenters. The number of amides is 2. The van der Waals surface area contributed by atoms with Crippen molar-refractivity contribution in [3.63, 3.8) is 0 Å². The van der Waals surface area contributed by atoms with Gasteiger partial charge in [-0.15, -0.1) is 10.2 Å². The number of hydrogen-bond donors (Lipinski definition) is 1. The summed E-state index contributed by atoms with van der Waals surface area (Å²) in [6.45, 7) is 3.27. The molecule has 0 radical (unpaired) electrons. The summed E-state index contributed by atoms with van der Waals surface area (Å²) in [5.74, 6) is 0.538. The Bertz CT molecular complexity index is 433. The topological polar surface area (TPSA) is 75.2 Å². The quantitative estimate of drug-likeness (QED) is 0.626. The van der Waals surface area contributed by atoms with Crippen molar-refractivity contribution in [1.29, 1.82) is 0 Å². The monoisotopic (exact) mass is 286 g/mol. The van der Waals surface area contributed by atoms with E-state index in [1.165, 1.54) is 28.0 Å². The Labute approximate surface area is 113 Å². The van der Waals surface area contributed by atoms with Crippen LogP contribution < -0.4 is 5.32 Å². The summed E-state index contributed by atoms with van der Waals surface area (Å²) in [4.78, 5) is 24.1. The first-order chi connectivity index (χ1) is 8.70. The normalized spacial score (nSPS) is 15.5. The van der Waals surface area contributed by atoms with Crippen LogP contribution in [0.15, 0.2) is 4.34 Å². The van der Waals surface area contributed by atoms with Crippen molar-refractivity contribution in [3.8, 4) is 0 Å². The van der Waals surface area contributed by atoms with Gasteiger partial charge in [-0.25, -0.2) is 0 Å². The van der Waals surface area contributed by atoms with E-state index < -0.39 is 0 Å². The van der Waals surface area contributed by atoms with Gasteiger partial charge in [-0.2, -0.15) is 0 Å². The molecule has 0 atom stereocenters. The third kappa shape index (κ3) is 3.20. The Balaban J connectivity index is 1.77. The fraction of sp³-hybridized carbons (Fsp3) is 0.600. The van der Waals surface area contributed by atoms with Crippen molar-refractivity contribution in [1.82, 2.24) is 15.1 Å². The van der Waals surface area contributed by atoms with Gasteiger partial charge >= 0.3 is 0 Å². The Kier molecular flexibility index (Phi) is 4.54. The van der Waals surface area contributed by atoms with Gasteiger partial charge < -0.3 is 5.32 Å². The second-order valence-corrected chi connectivity index (χ2v) is 6.01. The minimum absolute atomic E-state index is 0.0637. The van der Waals surface area contributed by atoms with E-state index in [4.69, 9.17) is 0 Å². The predicted molar refractivity (Wildman–Crippen MR) is 70.8 cm³/mol. The third-order valence-electron chi connectivity index (χ3n) is 2.43. The smallest absolute Gasteiger partial charge is 0.229 e. The number of rotatable bonds is 6. The van der Waals surface area contributed by atoms with Gasteiger partial charge in [-0.3, -0.25) is 14.5 Å². The number of nitrogens with zero attached hydrogens (tertiary/aromatic N) is 3. The standard InChI is InChI=1S/C10H14N4O2S2/c1-2-11-9-12-13-10(18-9)17-6-5-14-7(15)3-4-8(14)16/h2-6H2,1H3,(H,11,12). The van der Waals surface area contributed by atoms with Gasteiger partial charge in [0.15, 0.2) is 4.34 Å². The number of aromatic nitrogens is 2. The van der Waals surface area contributed by atoms with Gasteiger partial charge in [-0.05, 0) is 6.92 Å².